The predicted molar refractivity (Wildman–Crippen MR) is 143 cm³/mol. The minimum absolute atomic E-state index is 0.0393. The highest BCUT2D eigenvalue weighted by Crippen LogP contribution is 2.51. The van der Waals surface area contributed by atoms with Crippen LogP contribution < -0.4 is 20.7 Å². The molecular formula is C28H36N4O6. The number of fused-ring (bicyclic) bond motifs is 1. The summed E-state index contributed by atoms with van der Waals surface area (Å²) in [6.07, 6.45) is 0.202. The molecule has 10 heteroatoms. The van der Waals surface area contributed by atoms with E-state index in [1.807, 2.05) is 38.9 Å². The van der Waals surface area contributed by atoms with Gasteiger partial charge >= 0.3 is 5.97 Å². The van der Waals surface area contributed by atoms with Gasteiger partial charge in [0.1, 0.15) is 11.3 Å². The zero-order valence-electron chi connectivity index (χ0n) is 22.4. The van der Waals surface area contributed by atoms with Crippen molar-refractivity contribution in [1.29, 1.82) is 0 Å². The van der Waals surface area contributed by atoms with Gasteiger partial charge in [-0.15, -0.1) is 0 Å². The van der Waals surface area contributed by atoms with Gasteiger partial charge in [0.15, 0.2) is 0 Å². The van der Waals surface area contributed by atoms with E-state index in [2.05, 4.69) is 5.32 Å². The molecule has 0 spiro atoms. The molecular weight excluding hydrogens is 488 g/mol. The van der Waals surface area contributed by atoms with Crippen molar-refractivity contribution in [3.05, 3.63) is 53.1 Å². The maximum absolute atomic E-state index is 13.4. The van der Waals surface area contributed by atoms with Gasteiger partial charge in [0.05, 0.1) is 24.1 Å². The molecule has 4 unspecified atom stereocenters. The Morgan fingerprint density at radius 3 is 2.47 bits per heavy atom. The molecule has 1 saturated carbocycles. The maximum Gasteiger partial charge on any atom is 0.336 e. The quantitative estimate of drug-likeness (QED) is 0.403. The fraction of sp³-hybridized carbons (Fsp3) is 0.464. The van der Waals surface area contributed by atoms with E-state index < -0.39 is 40.9 Å². The number of aryl methyl sites for hydroxylation is 2. The first kappa shape index (κ1) is 27.4. The van der Waals surface area contributed by atoms with E-state index in [0.29, 0.717) is 29.2 Å². The number of primary amides is 1. The number of aliphatic carboxylic acids is 1. The van der Waals surface area contributed by atoms with Gasteiger partial charge in [0.25, 0.3) is 5.91 Å². The minimum atomic E-state index is -1.67. The summed E-state index contributed by atoms with van der Waals surface area (Å²) in [5.41, 5.74) is 6.50. The van der Waals surface area contributed by atoms with Crippen molar-refractivity contribution in [2.75, 3.05) is 38.0 Å². The fourth-order valence-corrected chi connectivity index (χ4v) is 6.03. The van der Waals surface area contributed by atoms with Crippen LogP contribution in [0, 0.1) is 19.8 Å². The molecule has 0 bridgehead atoms. The SMILES string of the molecule is COc1cccc(C2(O)CCC(C(N)=O)(N3c4cc(C)c(C)cc4NC(=O)C3C(=O)O)CC2CN(C)C)c1. The number of carboxylic acid groups (broad SMARTS) is 1. The minimum Gasteiger partial charge on any atom is -0.497 e. The largest absolute Gasteiger partial charge is 0.497 e. The first-order valence-electron chi connectivity index (χ1n) is 12.6. The summed E-state index contributed by atoms with van der Waals surface area (Å²) in [6.45, 7) is 4.16. The van der Waals surface area contributed by atoms with E-state index in [0.717, 1.165) is 11.1 Å². The van der Waals surface area contributed by atoms with Gasteiger partial charge in [-0.2, -0.15) is 0 Å². The lowest BCUT2D eigenvalue weighted by Crippen LogP contribution is -2.70. The number of methoxy groups -OCH3 is 1. The Balaban J connectivity index is 1.90. The molecule has 2 amide bonds. The highest BCUT2D eigenvalue weighted by molar-refractivity contribution is 6.16. The van der Waals surface area contributed by atoms with Crippen molar-refractivity contribution in [2.45, 2.75) is 50.3 Å². The lowest BCUT2D eigenvalue weighted by molar-refractivity contribution is -0.144. The van der Waals surface area contributed by atoms with E-state index in [-0.39, 0.29) is 19.3 Å². The van der Waals surface area contributed by atoms with Crippen LogP contribution in [0.4, 0.5) is 11.4 Å². The third kappa shape index (κ3) is 4.48. The van der Waals surface area contributed by atoms with Gasteiger partial charge in [-0.05, 0) is 88.2 Å². The number of anilines is 2. The van der Waals surface area contributed by atoms with Crippen LogP contribution in [0.1, 0.15) is 36.0 Å². The standard InChI is InChI=1S/C28H36N4O6/c1-16-11-21-22(12-17(16)2)32(23(25(34)35)24(33)30-21)27(26(29)36)9-10-28(37,19(14-27)15-31(3)4)18-7-6-8-20(13-18)38-5/h6-8,11-13,19,23,37H,9-10,14-15H2,1-5H3,(H2,29,36)(H,30,33)(H,34,35). The van der Waals surface area contributed by atoms with Crippen LogP contribution in [0.15, 0.2) is 36.4 Å². The summed E-state index contributed by atoms with van der Waals surface area (Å²) in [5, 5.41) is 25.0. The molecule has 2 aromatic carbocycles. The monoisotopic (exact) mass is 524 g/mol. The predicted octanol–water partition coefficient (Wildman–Crippen LogP) is 2.00. The van der Waals surface area contributed by atoms with Crippen LogP contribution in [0.25, 0.3) is 0 Å². The number of hydrogen-bond donors (Lipinski definition) is 4. The van der Waals surface area contributed by atoms with Crippen molar-refractivity contribution >= 4 is 29.2 Å². The molecule has 2 aromatic rings. The molecule has 2 aliphatic rings. The fourth-order valence-electron chi connectivity index (χ4n) is 6.03. The number of nitrogens with zero attached hydrogens (tertiary/aromatic N) is 2. The molecule has 0 aromatic heterocycles. The smallest absolute Gasteiger partial charge is 0.336 e. The van der Waals surface area contributed by atoms with Crippen molar-refractivity contribution in [3.8, 4) is 5.75 Å². The highest BCUT2D eigenvalue weighted by atomic mass is 16.5. The summed E-state index contributed by atoms with van der Waals surface area (Å²) in [7, 11) is 5.28. The van der Waals surface area contributed by atoms with E-state index in [1.54, 1.807) is 37.4 Å². The molecule has 4 atom stereocenters. The number of carbonyl (C=O) groups is 3. The third-order valence-corrected chi connectivity index (χ3v) is 8.12. The van der Waals surface area contributed by atoms with Crippen LogP contribution >= 0.6 is 0 Å². The Hall–Kier alpha value is -3.63. The lowest BCUT2D eigenvalue weighted by atomic mass is 9.63. The molecule has 1 aliphatic carbocycles. The average molecular weight is 525 g/mol. The van der Waals surface area contributed by atoms with Crippen LogP contribution in [0.2, 0.25) is 0 Å². The van der Waals surface area contributed by atoms with Gasteiger partial charge in [0.2, 0.25) is 11.9 Å². The number of carboxylic acids is 1. The Kier molecular flexibility index (Phi) is 7.15. The zero-order valence-corrected chi connectivity index (χ0v) is 22.4. The number of ether oxygens (including phenoxy) is 1. The van der Waals surface area contributed by atoms with Gasteiger partial charge < -0.3 is 35.8 Å². The van der Waals surface area contributed by atoms with E-state index in [4.69, 9.17) is 10.5 Å². The van der Waals surface area contributed by atoms with Crippen LogP contribution in [-0.2, 0) is 20.0 Å². The number of nitrogens with two attached hydrogens (primary N) is 1. The number of amides is 2. The maximum atomic E-state index is 13.4. The molecule has 1 heterocycles. The molecule has 5 N–H and O–H groups in total. The van der Waals surface area contributed by atoms with Gasteiger partial charge in [-0.1, -0.05) is 12.1 Å². The second-order valence-electron chi connectivity index (χ2n) is 10.8. The molecule has 1 fully saturated rings. The Labute approximate surface area is 222 Å². The summed E-state index contributed by atoms with van der Waals surface area (Å²) >= 11 is 0. The molecule has 0 radical (unpaired) electrons. The van der Waals surface area contributed by atoms with E-state index in [1.165, 1.54) is 4.90 Å². The van der Waals surface area contributed by atoms with Crippen LogP contribution in [0.3, 0.4) is 0 Å². The van der Waals surface area contributed by atoms with Gasteiger partial charge in [-0.3, -0.25) is 9.59 Å². The first-order valence-corrected chi connectivity index (χ1v) is 12.6. The van der Waals surface area contributed by atoms with Crippen LogP contribution in [0.5, 0.6) is 5.75 Å². The molecule has 1 aliphatic heterocycles. The summed E-state index contributed by atoms with van der Waals surface area (Å²) in [6, 6.07) is 9.07. The van der Waals surface area contributed by atoms with E-state index in [9.17, 15) is 24.6 Å². The topological polar surface area (TPSA) is 145 Å². The van der Waals surface area contributed by atoms with Gasteiger partial charge in [-0.25, -0.2) is 4.79 Å². The summed E-state index contributed by atoms with van der Waals surface area (Å²) in [4.78, 5) is 42.4. The molecule has 0 saturated heterocycles. The molecule has 4 rings (SSSR count). The summed E-state index contributed by atoms with van der Waals surface area (Å²) < 4.78 is 5.38. The first-order chi connectivity index (χ1) is 17.8. The number of benzene rings is 2. The molecule has 204 valence electrons. The van der Waals surface area contributed by atoms with Crippen LogP contribution in [-0.4, -0.2) is 72.2 Å². The second-order valence-corrected chi connectivity index (χ2v) is 10.8. The van der Waals surface area contributed by atoms with Gasteiger partial charge in [0, 0.05) is 12.5 Å². The van der Waals surface area contributed by atoms with Crippen molar-refractivity contribution in [1.82, 2.24) is 4.90 Å². The summed E-state index contributed by atoms with van der Waals surface area (Å²) in [5.74, 6) is -2.81. The molecule has 38 heavy (non-hydrogen) atoms. The Morgan fingerprint density at radius 1 is 1.18 bits per heavy atom. The Morgan fingerprint density at radius 2 is 1.87 bits per heavy atom. The highest BCUT2D eigenvalue weighted by Gasteiger charge is 2.59. The number of aliphatic hydroxyl groups is 1. The van der Waals surface area contributed by atoms with Crippen molar-refractivity contribution < 1.29 is 29.3 Å². The normalized spacial score (nSPS) is 27.0. The molecule has 10 nitrogen and oxygen atoms in total. The van der Waals surface area contributed by atoms with E-state index >= 15 is 0 Å². The number of hydrogen-bond acceptors (Lipinski definition) is 7. The van der Waals surface area contributed by atoms with Crippen molar-refractivity contribution in [3.63, 3.8) is 0 Å². The second kappa shape index (κ2) is 9.92. The number of carbonyl (C=O) groups excluding carboxylic acids is 2. The Bertz CT molecular complexity index is 1280. The number of rotatable bonds is 7. The van der Waals surface area contributed by atoms with Crippen molar-refractivity contribution in [2.24, 2.45) is 11.7 Å². The number of nitrogens with one attached hydrogen (secondary N) is 1. The third-order valence-electron chi connectivity index (χ3n) is 8.12. The average Bonchev–Trinajstić information content (AvgIpc) is 2.85. The zero-order chi connectivity index (χ0) is 28.0. The lowest BCUT2D eigenvalue weighted by Gasteiger charge is -2.55.